The number of esters is 1. The maximum Gasteiger partial charge on any atom is 0.311 e. The van der Waals surface area contributed by atoms with Crippen LogP contribution >= 0.6 is 0 Å². The summed E-state index contributed by atoms with van der Waals surface area (Å²) < 4.78 is 5.77. The fraction of sp³-hybridized carbons (Fsp3) is 0.857. The number of carbonyl (C=O) groups is 1. The lowest BCUT2D eigenvalue weighted by molar-refractivity contribution is -0.145. The topological polar surface area (TPSA) is 73.2 Å². The Bertz CT molecular complexity index is 601. The third-order valence-corrected chi connectivity index (χ3v) is 7.91. The van der Waals surface area contributed by atoms with Crippen LogP contribution in [0.25, 0.3) is 0 Å². The first-order chi connectivity index (χ1) is 12.9. The summed E-state index contributed by atoms with van der Waals surface area (Å²) in [4.78, 5) is 17.3. The van der Waals surface area contributed by atoms with E-state index in [0.717, 1.165) is 45.4 Å². The molecule has 0 bridgehead atoms. The molecule has 6 atom stereocenters. The predicted molar refractivity (Wildman–Crippen MR) is 102 cm³/mol. The van der Waals surface area contributed by atoms with Crippen molar-refractivity contribution in [2.75, 3.05) is 45.9 Å². The van der Waals surface area contributed by atoms with Crippen molar-refractivity contribution in [1.29, 1.82) is 0 Å². The summed E-state index contributed by atoms with van der Waals surface area (Å²) in [5.74, 6) is -0.0401. The predicted octanol–water partition coefficient (Wildman–Crippen LogP) is 0.881. The van der Waals surface area contributed by atoms with E-state index < -0.39 is 6.10 Å². The number of ether oxygens (including phenoxy) is 1. The molecular formula is C21H34N2O4. The minimum Gasteiger partial charge on any atom is -0.461 e. The van der Waals surface area contributed by atoms with E-state index in [1.807, 2.05) is 0 Å². The fourth-order valence-electron chi connectivity index (χ4n) is 5.89. The highest BCUT2D eigenvalue weighted by Crippen LogP contribution is 2.56. The Kier molecular flexibility index (Phi) is 5.36. The van der Waals surface area contributed by atoms with Gasteiger partial charge in [0.1, 0.15) is 6.10 Å². The van der Waals surface area contributed by atoms with E-state index in [9.17, 15) is 9.90 Å². The highest BCUT2D eigenvalue weighted by Gasteiger charge is 2.59. The van der Waals surface area contributed by atoms with E-state index in [-0.39, 0.29) is 35.9 Å². The van der Waals surface area contributed by atoms with E-state index >= 15 is 0 Å². The first-order valence-corrected chi connectivity index (χ1v) is 10.6. The van der Waals surface area contributed by atoms with Gasteiger partial charge in [-0.3, -0.25) is 14.6 Å². The number of hydrogen-bond acceptors (Lipinski definition) is 6. The fourth-order valence-corrected chi connectivity index (χ4v) is 5.89. The van der Waals surface area contributed by atoms with Gasteiger partial charge in [0, 0.05) is 57.0 Å². The third kappa shape index (κ3) is 3.24. The van der Waals surface area contributed by atoms with Crippen molar-refractivity contribution in [3.8, 4) is 0 Å². The summed E-state index contributed by atoms with van der Waals surface area (Å²) in [5, 5.41) is 20.5. The summed E-state index contributed by atoms with van der Waals surface area (Å²) >= 11 is 0. The standard InChI is InChI=1S/C21H34N2O4/c1-14-4-3-5-15-12-17-18(19(25)21(14,15)2)16(20(26)27-17)13-23-8-6-22(7-9-23)10-11-24/h5,14,16-19,24-25H,3-4,6-13H2,1-2H3/t14-,16-,17+,18+,19-,21+/m0/s1. The number of nitrogens with zero attached hydrogens (tertiary/aromatic N) is 2. The van der Waals surface area contributed by atoms with Gasteiger partial charge in [-0.25, -0.2) is 0 Å². The van der Waals surface area contributed by atoms with Crippen LogP contribution in [0.2, 0.25) is 0 Å². The summed E-state index contributed by atoms with van der Waals surface area (Å²) in [5.41, 5.74) is 1.06. The van der Waals surface area contributed by atoms with Crippen LogP contribution in [0.15, 0.2) is 11.6 Å². The van der Waals surface area contributed by atoms with Crippen LogP contribution in [0.1, 0.15) is 33.1 Å². The Hall–Kier alpha value is -0.950. The van der Waals surface area contributed by atoms with Crippen molar-refractivity contribution in [3.63, 3.8) is 0 Å². The zero-order valence-electron chi connectivity index (χ0n) is 16.6. The molecule has 0 aromatic heterocycles. The van der Waals surface area contributed by atoms with Gasteiger partial charge in [-0.05, 0) is 18.8 Å². The monoisotopic (exact) mass is 378 g/mol. The highest BCUT2D eigenvalue weighted by atomic mass is 16.6. The van der Waals surface area contributed by atoms with Crippen molar-refractivity contribution >= 4 is 5.97 Å². The summed E-state index contributed by atoms with van der Waals surface area (Å²) in [6, 6.07) is 0. The highest BCUT2D eigenvalue weighted by molar-refractivity contribution is 5.76. The number of allylic oxidation sites excluding steroid dienone is 1. The van der Waals surface area contributed by atoms with Crippen molar-refractivity contribution in [2.24, 2.45) is 23.2 Å². The molecule has 2 heterocycles. The van der Waals surface area contributed by atoms with Crippen molar-refractivity contribution in [3.05, 3.63) is 11.6 Å². The van der Waals surface area contributed by atoms with Gasteiger partial charge in [-0.15, -0.1) is 0 Å². The second-order valence-corrected chi connectivity index (χ2v) is 9.16. The lowest BCUT2D eigenvalue weighted by Gasteiger charge is -2.52. The normalized spacial score (nSPS) is 43.0. The molecule has 0 aromatic rings. The summed E-state index contributed by atoms with van der Waals surface area (Å²) in [6.45, 7) is 9.65. The molecule has 4 aliphatic rings. The van der Waals surface area contributed by atoms with E-state index in [0.29, 0.717) is 19.0 Å². The van der Waals surface area contributed by atoms with Crippen LogP contribution in [-0.2, 0) is 9.53 Å². The molecule has 0 aromatic carbocycles. The molecule has 2 saturated heterocycles. The van der Waals surface area contributed by atoms with Crippen molar-refractivity contribution in [2.45, 2.75) is 45.3 Å². The second kappa shape index (κ2) is 7.47. The quantitative estimate of drug-likeness (QED) is 0.559. The number of aliphatic hydroxyl groups is 2. The minimum absolute atomic E-state index is 0.101. The molecule has 0 spiro atoms. The van der Waals surface area contributed by atoms with Gasteiger partial charge in [0.2, 0.25) is 0 Å². The van der Waals surface area contributed by atoms with Crippen molar-refractivity contribution < 1.29 is 19.7 Å². The molecule has 2 aliphatic carbocycles. The van der Waals surface area contributed by atoms with Crippen LogP contribution in [-0.4, -0.2) is 84.1 Å². The maximum absolute atomic E-state index is 12.7. The van der Waals surface area contributed by atoms with Gasteiger partial charge in [0.25, 0.3) is 0 Å². The van der Waals surface area contributed by atoms with Crippen LogP contribution in [0.5, 0.6) is 0 Å². The molecule has 0 radical (unpaired) electrons. The van der Waals surface area contributed by atoms with Gasteiger partial charge in [0.05, 0.1) is 18.6 Å². The molecule has 1 saturated carbocycles. The third-order valence-electron chi connectivity index (χ3n) is 7.91. The number of rotatable bonds is 4. The molecule has 27 heavy (non-hydrogen) atoms. The van der Waals surface area contributed by atoms with Crippen molar-refractivity contribution in [1.82, 2.24) is 9.80 Å². The van der Waals surface area contributed by atoms with Gasteiger partial charge >= 0.3 is 5.97 Å². The number of piperazine rings is 1. The molecule has 6 heteroatoms. The smallest absolute Gasteiger partial charge is 0.311 e. The Balaban J connectivity index is 1.48. The first kappa shape index (κ1) is 19.4. The molecule has 3 fully saturated rings. The van der Waals surface area contributed by atoms with Gasteiger partial charge < -0.3 is 14.9 Å². The molecule has 6 nitrogen and oxygen atoms in total. The van der Waals surface area contributed by atoms with Gasteiger partial charge in [-0.2, -0.15) is 0 Å². The Morgan fingerprint density at radius 3 is 2.67 bits per heavy atom. The zero-order valence-corrected chi connectivity index (χ0v) is 16.6. The molecule has 2 N–H and O–H groups in total. The minimum atomic E-state index is -0.523. The van der Waals surface area contributed by atoms with E-state index in [1.54, 1.807) is 0 Å². The van der Waals surface area contributed by atoms with E-state index in [1.165, 1.54) is 5.57 Å². The van der Waals surface area contributed by atoms with E-state index in [2.05, 4.69) is 29.7 Å². The number of hydrogen-bond donors (Lipinski definition) is 2. The number of aliphatic hydroxyl groups excluding tert-OH is 2. The molecule has 2 aliphatic heterocycles. The molecule has 4 rings (SSSR count). The number of carbonyl (C=O) groups excluding carboxylic acids is 1. The summed E-state index contributed by atoms with van der Waals surface area (Å²) in [6.07, 6.45) is 4.53. The molecular weight excluding hydrogens is 344 g/mol. The molecule has 152 valence electrons. The SMILES string of the molecule is C[C@H]1CCC=C2C[C@H]3OC(=O)[C@@H](CN4CCN(CCO)CC4)[C@H]3[C@H](O)[C@@]21C. The van der Waals surface area contributed by atoms with Crippen LogP contribution < -0.4 is 0 Å². The Labute approximate surface area is 162 Å². The van der Waals surface area contributed by atoms with Crippen LogP contribution in [0.4, 0.5) is 0 Å². The number of β-amino-alcohol motifs (C(OH)–C–C–N with tert-alkyl or cyclic N) is 1. The summed E-state index contributed by atoms with van der Waals surface area (Å²) in [7, 11) is 0. The average Bonchev–Trinajstić information content (AvgIpc) is 2.95. The van der Waals surface area contributed by atoms with Gasteiger partial charge in [-0.1, -0.05) is 25.5 Å². The molecule has 0 unspecified atom stereocenters. The lowest BCUT2D eigenvalue weighted by Crippen LogP contribution is -2.55. The Morgan fingerprint density at radius 1 is 1.26 bits per heavy atom. The maximum atomic E-state index is 12.7. The number of fused-ring (bicyclic) bond motifs is 2. The zero-order chi connectivity index (χ0) is 19.2. The van der Waals surface area contributed by atoms with Gasteiger partial charge in [0.15, 0.2) is 0 Å². The largest absolute Gasteiger partial charge is 0.461 e. The molecule has 0 amide bonds. The second-order valence-electron chi connectivity index (χ2n) is 9.16. The Morgan fingerprint density at radius 2 is 1.96 bits per heavy atom. The first-order valence-electron chi connectivity index (χ1n) is 10.6. The van der Waals surface area contributed by atoms with Crippen LogP contribution in [0.3, 0.4) is 0 Å². The van der Waals surface area contributed by atoms with E-state index in [4.69, 9.17) is 9.84 Å². The van der Waals surface area contributed by atoms with Crippen LogP contribution in [0, 0.1) is 23.2 Å². The lowest BCUT2D eigenvalue weighted by atomic mass is 9.55. The average molecular weight is 379 g/mol.